The van der Waals surface area contributed by atoms with Crippen LogP contribution in [0.25, 0.3) is 0 Å². The number of rotatable bonds is 4. The maximum absolute atomic E-state index is 10.2. The summed E-state index contributed by atoms with van der Waals surface area (Å²) in [7, 11) is 0. The van der Waals surface area contributed by atoms with Crippen LogP contribution >= 0.6 is 11.8 Å². The lowest BCUT2D eigenvalue weighted by atomic mass is 9.77. The van der Waals surface area contributed by atoms with Gasteiger partial charge in [0, 0.05) is 19.3 Å². The van der Waals surface area contributed by atoms with Gasteiger partial charge >= 0.3 is 0 Å². The average molecular weight is 498 g/mol. The summed E-state index contributed by atoms with van der Waals surface area (Å²) in [5, 5.41) is 14.6. The van der Waals surface area contributed by atoms with Gasteiger partial charge in [0.15, 0.2) is 17.4 Å². The van der Waals surface area contributed by atoms with Crippen LogP contribution in [-0.2, 0) is 11.3 Å². The van der Waals surface area contributed by atoms with E-state index in [2.05, 4.69) is 22.1 Å². The van der Waals surface area contributed by atoms with Crippen LogP contribution in [0.5, 0.6) is 5.75 Å². The first kappa shape index (κ1) is 23.3. The first-order valence-electron chi connectivity index (χ1n) is 12.9. The highest BCUT2D eigenvalue weighted by Crippen LogP contribution is 2.46. The van der Waals surface area contributed by atoms with Crippen molar-refractivity contribution in [3.63, 3.8) is 0 Å². The van der Waals surface area contributed by atoms with Crippen molar-refractivity contribution in [3.8, 4) is 5.75 Å². The molecule has 1 saturated carbocycles. The Bertz CT molecular complexity index is 1100. The van der Waals surface area contributed by atoms with Crippen LogP contribution in [-0.4, -0.2) is 58.0 Å². The molecule has 0 radical (unpaired) electrons. The van der Waals surface area contributed by atoms with Gasteiger partial charge in [0.25, 0.3) is 0 Å². The lowest BCUT2D eigenvalue weighted by molar-refractivity contribution is 0.0975. The molecule has 1 atom stereocenters. The Morgan fingerprint density at radius 3 is 2.69 bits per heavy atom. The number of hydrogen-bond acceptors (Lipinski definition) is 9. The summed E-state index contributed by atoms with van der Waals surface area (Å²) in [5.74, 6) is 2.43. The van der Waals surface area contributed by atoms with Gasteiger partial charge in [0.2, 0.25) is 0 Å². The van der Waals surface area contributed by atoms with Gasteiger partial charge in [0.05, 0.1) is 35.4 Å². The third-order valence-electron chi connectivity index (χ3n) is 8.26. The number of anilines is 2. The number of piperidine rings is 1. The highest BCUT2D eigenvalue weighted by atomic mass is 32.2. The quantitative estimate of drug-likeness (QED) is 0.640. The summed E-state index contributed by atoms with van der Waals surface area (Å²) in [4.78, 5) is 17.6. The molecule has 0 unspecified atom stereocenters. The highest BCUT2D eigenvalue weighted by molar-refractivity contribution is 7.99. The predicted molar refractivity (Wildman–Crippen MR) is 135 cm³/mol. The second-order valence-electron chi connectivity index (χ2n) is 10.8. The minimum atomic E-state index is -0.132. The number of fused-ring (bicyclic) bond motifs is 1. The summed E-state index contributed by atoms with van der Waals surface area (Å²) in [5.41, 5.74) is 1.83. The van der Waals surface area contributed by atoms with Crippen LogP contribution < -0.4 is 15.0 Å². The van der Waals surface area contributed by atoms with Crippen molar-refractivity contribution in [1.29, 1.82) is 0 Å². The molecule has 2 aromatic heterocycles. The number of ether oxygens (including phenoxy) is 2. The number of aromatic nitrogens is 3. The molecule has 35 heavy (non-hydrogen) atoms. The Kier molecular flexibility index (Phi) is 6.05. The van der Waals surface area contributed by atoms with E-state index in [9.17, 15) is 5.11 Å². The van der Waals surface area contributed by atoms with Crippen molar-refractivity contribution in [2.75, 3.05) is 36.5 Å². The van der Waals surface area contributed by atoms with Crippen molar-refractivity contribution in [2.24, 2.45) is 5.41 Å². The third kappa shape index (κ3) is 4.36. The van der Waals surface area contributed by atoms with Crippen molar-refractivity contribution in [1.82, 2.24) is 15.0 Å². The van der Waals surface area contributed by atoms with Crippen molar-refractivity contribution in [3.05, 3.63) is 23.7 Å². The molecule has 188 valence electrons. The van der Waals surface area contributed by atoms with E-state index in [-0.39, 0.29) is 12.1 Å². The van der Waals surface area contributed by atoms with E-state index in [1.54, 1.807) is 0 Å². The van der Waals surface area contributed by atoms with Crippen LogP contribution in [0.1, 0.15) is 63.3 Å². The van der Waals surface area contributed by atoms with Gasteiger partial charge < -0.3 is 24.8 Å². The van der Waals surface area contributed by atoms with E-state index >= 15 is 0 Å². The summed E-state index contributed by atoms with van der Waals surface area (Å²) in [6.07, 6.45) is 10.2. The molecule has 2 saturated heterocycles. The van der Waals surface area contributed by atoms with E-state index in [1.807, 2.05) is 19.2 Å². The summed E-state index contributed by atoms with van der Waals surface area (Å²) < 4.78 is 12.2. The second kappa shape index (κ2) is 9.09. The van der Waals surface area contributed by atoms with Gasteiger partial charge in [-0.2, -0.15) is 0 Å². The highest BCUT2D eigenvalue weighted by Gasteiger charge is 2.42. The molecule has 2 aromatic rings. The number of nitrogens with one attached hydrogen (secondary N) is 1. The second-order valence-corrected chi connectivity index (χ2v) is 11.9. The summed E-state index contributed by atoms with van der Waals surface area (Å²) in [6, 6.07) is 1.97. The number of hydrogen-bond donors (Lipinski definition) is 2. The number of nitrogens with zero attached hydrogens (tertiary/aromatic N) is 4. The molecule has 3 fully saturated rings. The topological polar surface area (TPSA) is 92.6 Å². The minimum Gasteiger partial charge on any atom is -0.486 e. The average Bonchev–Trinajstić information content (AvgIpc) is 3.47. The Hall–Kier alpha value is -2.10. The Morgan fingerprint density at radius 1 is 1.17 bits per heavy atom. The molecule has 5 heterocycles. The fourth-order valence-corrected chi connectivity index (χ4v) is 7.17. The van der Waals surface area contributed by atoms with Crippen LogP contribution in [0.3, 0.4) is 0 Å². The van der Waals surface area contributed by atoms with Crippen molar-refractivity contribution >= 4 is 23.4 Å². The number of aryl methyl sites for hydroxylation is 1. The normalized spacial score (nSPS) is 24.4. The van der Waals surface area contributed by atoms with E-state index < -0.39 is 0 Å². The SMILES string of the molecule is Cc1nc(N2CCC3(CC2)CO[C@@H](C)C3)c(CO)nc1Sc1ccnc2c1OCC1(CCCC1)N2. The summed E-state index contributed by atoms with van der Waals surface area (Å²) >= 11 is 1.54. The molecule has 8 nitrogen and oxygen atoms in total. The molecule has 6 rings (SSSR count). The van der Waals surface area contributed by atoms with Gasteiger partial charge in [0.1, 0.15) is 17.3 Å². The fourth-order valence-electron chi connectivity index (χ4n) is 6.23. The lowest BCUT2D eigenvalue weighted by Gasteiger charge is -2.39. The van der Waals surface area contributed by atoms with Crippen LogP contribution in [0.15, 0.2) is 22.2 Å². The largest absolute Gasteiger partial charge is 0.486 e. The zero-order valence-corrected chi connectivity index (χ0v) is 21.5. The molecule has 3 aliphatic heterocycles. The smallest absolute Gasteiger partial charge is 0.175 e. The maximum atomic E-state index is 10.2. The molecule has 9 heteroatoms. The molecule has 2 N–H and O–H groups in total. The lowest BCUT2D eigenvalue weighted by Crippen LogP contribution is -2.44. The Morgan fingerprint density at radius 2 is 1.97 bits per heavy atom. The first-order chi connectivity index (χ1) is 17.0. The van der Waals surface area contributed by atoms with E-state index in [4.69, 9.17) is 19.4 Å². The molecule has 2 spiro atoms. The zero-order chi connectivity index (χ0) is 24.0. The number of pyridine rings is 1. The fraction of sp³-hybridized carbons (Fsp3) is 0.654. The predicted octanol–water partition coefficient (Wildman–Crippen LogP) is 4.34. The zero-order valence-electron chi connectivity index (χ0n) is 20.7. The van der Waals surface area contributed by atoms with Gasteiger partial charge in [-0.15, -0.1) is 0 Å². The molecule has 1 aliphatic carbocycles. The monoisotopic (exact) mass is 497 g/mol. The van der Waals surface area contributed by atoms with Crippen molar-refractivity contribution in [2.45, 2.75) is 87.0 Å². The van der Waals surface area contributed by atoms with Crippen molar-refractivity contribution < 1.29 is 14.6 Å². The number of aliphatic hydroxyl groups excluding tert-OH is 1. The molecule has 0 bridgehead atoms. The van der Waals surface area contributed by atoms with E-state index in [1.165, 1.54) is 24.6 Å². The first-order valence-corrected chi connectivity index (χ1v) is 13.7. The van der Waals surface area contributed by atoms with Crippen LogP contribution in [0.4, 0.5) is 11.6 Å². The Balaban J connectivity index is 1.21. The van der Waals surface area contributed by atoms with E-state index in [0.29, 0.717) is 23.8 Å². The van der Waals surface area contributed by atoms with Gasteiger partial charge in [-0.1, -0.05) is 24.6 Å². The molecule has 0 aromatic carbocycles. The minimum absolute atomic E-state index is 0.0282. The number of aliphatic hydroxyl groups is 1. The van der Waals surface area contributed by atoms with Gasteiger partial charge in [-0.25, -0.2) is 15.0 Å². The van der Waals surface area contributed by atoms with E-state index in [0.717, 1.165) is 84.8 Å². The van der Waals surface area contributed by atoms with Crippen LogP contribution in [0.2, 0.25) is 0 Å². The molecular weight excluding hydrogens is 462 g/mol. The van der Waals surface area contributed by atoms with Gasteiger partial charge in [-0.05, 0) is 57.4 Å². The molecular formula is C26H35N5O3S. The Labute approximate surface area is 211 Å². The third-order valence-corrected chi connectivity index (χ3v) is 9.38. The standard InChI is InChI=1S/C26H35N5O3S/c1-17-13-25(15-33-17)8-11-31(12-9-25)23-19(14-32)29-24(18(2)28-23)35-20-5-10-27-22-21(20)34-16-26(30-22)6-3-4-7-26/h5,10,17,32H,3-4,6-9,11-16H2,1-2H3,(H,27,30)/t17-/m0/s1. The summed E-state index contributed by atoms with van der Waals surface area (Å²) in [6.45, 7) is 7.41. The molecule has 4 aliphatic rings. The maximum Gasteiger partial charge on any atom is 0.175 e. The van der Waals surface area contributed by atoms with Gasteiger partial charge in [-0.3, -0.25) is 0 Å². The van der Waals surface area contributed by atoms with Crippen LogP contribution in [0, 0.1) is 12.3 Å². The molecule has 0 amide bonds.